The monoisotopic (exact) mass is 219 g/mol. The summed E-state index contributed by atoms with van der Waals surface area (Å²) in [5.41, 5.74) is 2.65. The summed E-state index contributed by atoms with van der Waals surface area (Å²) in [7, 11) is 1.71. The third-order valence-electron chi connectivity index (χ3n) is 3.54. The van der Waals surface area contributed by atoms with Gasteiger partial charge in [-0.3, -0.25) is 0 Å². The molecular weight excluding hydrogens is 202 g/mol. The highest BCUT2D eigenvalue weighted by Crippen LogP contribution is 2.35. The standard InChI is InChI=1S/C13H17NO2/c1-15-10-5-4-9-8-14-12-3-2-6-16-13(12)11(9)7-10/h4-5,7,12-14H,2-3,6,8H2,1H3. The minimum absolute atomic E-state index is 0.215. The summed E-state index contributed by atoms with van der Waals surface area (Å²) in [5, 5.41) is 3.55. The van der Waals surface area contributed by atoms with Crippen LogP contribution >= 0.6 is 0 Å². The second-order valence-electron chi connectivity index (χ2n) is 4.49. The maximum atomic E-state index is 5.89. The Kier molecular flexibility index (Phi) is 2.58. The van der Waals surface area contributed by atoms with Gasteiger partial charge in [-0.25, -0.2) is 0 Å². The van der Waals surface area contributed by atoms with Gasteiger partial charge in [-0.2, -0.15) is 0 Å². The molecule has 3 nitrogen and oxygen atoms in total. The average Bonchev–Trinajstić information content (AvgIpc) is 2.38. The fourth-order valence-corrected chi connectivity index (χ4v) is 2.66. The van der Waals surface area contributed by atoms with Crippen LogP contribution in [0, 0.1) is 0 Å². The molecule has 2 aliphatic rings. The summed E-state index contributed by atoms with van der Waals surface area (Å²) in [4.78, 5) is 0. The lowest BCUT2D eigenvalue weighted by molar-refractivity contribution is -0.0171. The van der Waals surface area contributed by atoms with Crippen molar-refractivity contribution < 1.29 is 9.47 Å². The predicted molar refractivity (Wildman–Crippen MR) is 61.5 cm³/mol. The van der Waals surface area contributed by atoms with E-state index in [0.29, 0.717) is 6.04 Å². The van der Waals surface area contributed by atoms with Gasteiger partial charge in [0.25, 0.3) is 0 Å². The smallest absolute Gasteiger partial charge is 0.119 e. The topological polar surface area (TPSA) is 30.5 Å². The van der Waals surface area contributed by atoms with Crippen molar-refractivity contribution in [2.24, 2.45) is 0 Å². The van der Waals surface area contributed by atoms with Crippen LogP contribution in [0.3, 0.4) is 0 Å². The average molecular weight is 219 g/mol. The second kappa shape index (κ2) is 4.07. The first kappa shape index (κ1) is 10.1. The molecule has 3 heteroatoms. The van der Waals surface area contributed by atoms with E-state index in [1.54, 1.807) is 7.11 Å². The van der Waals surface area contributed by atoms with Crippen LogP contribution in [0.1, 0.15) is 30.1 Å². The highest BCUT2D eigenvalue weighted by atomic mass is 16.5. The first-order valence-corrected chi connectivity index (χ1v) is 5.90. The summed E-state index contributed by atoms with van der Waals surface area (Å²) in [6.45, 7) is 1.82. The van der Waals surface area contributed by atoms with Gasteiger partial charge in [0.1, 0.15) is 5.75 Å². The summed E-state index contributed by atoms with van der Waals surface area (Å²) >= 11 is 0. The first-order chi connectivity index (χ1) is 7.88. The normalized spacial score (nSPS) is 28.1. The van der Waals surface area contributed by atoms with Gasteiger partial charge in [0, 0.05) is 19.2 Å². The molecule has 0 aromatic heterocycles. The van der Waals surface area contributed by atoms with Gasteiger partial charge in [0.2, 0.25) is 0 Å². The van der Waals surface area contributed by atoms with Crippen molar-refractivity contribution in [1.82, 2.24) is 5.32 Å². The van der Waals surface area contributed by atoms with Crippen LogP contribution in [0.4, 0.5) is 0 Å². The van der Waals surface area contributed by atoms with Crippen molar-refractivity contribution >= 4 is 0 Å². The molecule has 16 heavy (non-hydrogen) atoms. The Bertz CT molecular complexity index is 392. The van der Waals surface area contributed by atoms with E-state index in [1.807, 2.05) is 6.07 Å². The zero-order valence-corrected chi connectivity index (χ0v) is 9.53. The number of methoxy groups -OCH3 is 1. The molecule has 1 aromatic rings. The van der Waals surface area contributed by atoms with Crippen LogP contribution in [0.15, 0.2) is 18.2 Å². The van der Waals surface area contributed by atoms with Gasteiger partial charge < -0.3 is 14.8 Å². The molecule has 1 aromatic carbocycles. The molecule has 1 fully saturated rings. The Labute approximate surface area is 95.8 Å². The van der Waals surface area contributed by atoms with Crippen LogP contribution in [-0.4, -0.2) is 19.8 Å². The molecule has 2 aliphatic heterocycles. The molecule has 2 atom stereocenters. The molecule has 0 bridgehead atoms. The molecule has 0 aliphatic carbocycles. The minimum atomic E-state index is 0.215. The molecular formula is C13H17NO2. The number of benzene rings is 1. The van der Waals surface area contributed by atoms with E-state index in [-0.39, 0.29) is 6.10 Å². The minimum Gasteiger partial charge on any atom is -0.497 e. The van der Waals surface area contributed by atoms with Crippen molar-refractivity contribution in [1.29, 1.82) is 0 Å². The SMILES string of the molecule is COc1ccc2c(c1)C1OCCCC1NC2. The van der Waals surface area contributed by atoms with Crippen molar-refractivity contribution in [3.63, 3.8) is 0 Å². The van der Waals surface area contributed by atoms with Gasteiger partial charge >= 0.3 is 0 Å². The number of ether oxygens (including phenoxy) is 2. The van der Waals surface area contributed by atoms with E-state index in [9.17, 15) is 0 Å². The lowest BCUT2D eigenvalue weighted by Crippen LogP contribution is -2.43. The molecule has 0 radical (unpaired) electrons. The molecule has 0 spiro atoms. The number of rotatable bonds is 1. The zero-order chi connectivity index (χ0) is 11.0. The van der Waals surface area contributed by atoms with Crippen molar-refractivity contribution in [3.8, 4) is 5.75 Å². The highest BCUT2D eigenvalue weighted by molar-refractivity contribution is 5.39. The Morgan fingerprint density at radius 2 is 2.38 bits per heavy atom. The Hall–Kier alpha value is -1.06. The third-order valence-corrected chi connectivity index (χ3v) is 3.54. The van der Waals surface area contributed by atoms with E-state index >= 15 is 0 Å². The largest absolute Gasteiger partial charge is 0.497 e. The van der Waals surface area contributed by atoms with E-state index < -0.39 is 0 Å². The maximum absolute atomic E-state index is 5.89. The summed E-state index contributed by atoms with van der Waals surface area (Å²) in [6.07, 6.45) is 2.59. The van der Waals surface area contributed by atoms with Crippen LogP contribution in [0.5, 0.6) is 5.75 Å². The second-order valence-corrected chi connectivity index (χ2v) is 4.49. The van der Waals surface area contributed by atoms with Gasteiger partial charge in [-0.1, -0.05) is 6.07 Å². The number of nitrogens with one attached hydrogen (secondary N) is 1. The lowest BCUT2D eigenvalue weighted by atomic mass is 9.89. The number of fused-ring (bicyclic) bond motifs is 3. The fraction of sp³-hybridized carbons (Fsp3) is 0.538. The van der Waals surface area contributed by atoms with E-state index in [4.69, 9.17) is 9.47 Å². The molecule has 0 saturated carbocycles. The van der Waals surface area contributed by atoms with Crippen molar-refractivity contribution in [2.45, 2.75) is 31.5 Å². The van der Waals surface area contributed by atoms with Gasteiger partial charge in [0.15, 0.2) is 0 Å². The van der Waals surface area contributed by atoms with Crippen molar-refractivity contribution in [2.75, 3.05) is 13.7 Å². The predicted octanol–water partition coefficient (Wildman–Crippen LogP) is 2.02. The van der Waals surface area contributed by atoms with Crippen LogP contribution in [0.25, 0.3) is 0 Å². The van der Waals surface area contributed by atoms with Gasteiger partial charge in [-0.05, 0) is 36.1 Å². The van der Waals surface area contributed by atoms with E-state index in [2.05, 4.69) is 17.4 Å². The molecule has 86 valence electrons. The van der Waals surface area contributed by atoms with Gasteiger partial charge in [0.05, 0.1) is 13.2 Å². The molecule has 0 amide bonds. The van der Waals surface area contributed by atoms with Gasteiger partial charge in [-0.15, -0.1) is 0 Å². The molecule has 2 unspecified atom stereocenters. The van der Waals surface area contributed by atoms with Crippen LogP contribution in [-0.2, 0) is 11.3 Å². The molecule has 3 rings (SSSR count). The fourth-order valence-electron chi connectivity index (χ4n) is 2.66. The summed E-state index contributed by atoms with van der Waals surface area (Å²) < 4.78 is 11.2. The maximum Gasteiger partial charge on any atom is 0.119 e. The zero-order valence-electron chi connectivity index (χ0n) is 9.53. The van der Waals surface area contributed by atoms with E-state index in [1.165, 1.54) is 17.5 Å². The molecule has 1 saturated heterocycles. The third kappa shape index (κ3) is 1.60. The van der Waals surface area contributed by atoms with Crippen LogP contribution < -0.4 is 10.1 Å². The quantitative estimate of drug-likeness (QED) is 0.784. The van der Waals surface area contributed by atoms with Crippen LogP contribution in [0.2, 0.25) is 0 Å². The molecule has 1 N–H and O–H groups in total. The number of hydrogen-bond donors (Lipinski definition) is 1. The highest BCUT2D eigenvalue weighted by Gasteiger charge is 2.32. The number of hydrogen-bond acceptors (Lipinski definition) is 3. The van der Waals surface area contributed by atoms with Crippen molar-refractivity contribution in [3.05, 3.63) is 29.3 Å². The lowest BCUT2D eigenvalue weighted by Gasteiger charge is -2.37. The first-order valence-electron chi connectivity index (χ1n) is 5.90. The molecule has 2 heterocycles. The Balaban J connectivity index is 1.98. The Morgan fingerprint density at radius 3 is 3.25 bits per heavy atom. The summed E-state index contributed by atoms with van der Waals surface area (Å²) in [6, 6.07) is 6.76. The Morgan fingerprint density at radius 1 is 1.44 bits per heavy atom. The summed E-state index contributed by atoms with van der Waals surface area (Å²) in [5.74, 6) is 0.925. The van der Waals surface area contributed by atoms with E-state index in [0.717, 1.165) is 25.3 Å².